The third-order valence-corrected chi connectivity index (χ3v) is 3.23. The Hall–Kier alpha value is -1.10. The molecule has 1 aliphatic carbocycles. The summed E-state index contributed by atoms with van der Waals surface area (Å²) in [6.07, 6.45) is 3.33. The lowest BCUT2D eigenvalue weighted by Gasteiger charge is -2.01. The minimum absolute atomic E-state index is 0.575. The molecule has 0 saturated heterocycles. The van der Waals surface area contributed by atoms with Crippen LogP contribution in [0.25, 0.3) is 0 Å². The smallest absolute Gasteiger partial charge is 0.188 e. The summed E-state index contributed by atoms with van der Waals surface area (Å²) in [5, 5.41) is 6.35. The van der Waals surface area contributed by atoms with Crippen LogP contribution in [0.4, 0.5) is 0 Å². The third-order valence-electron chi connectivity index (χ3n) is 2.20. The number of guanidine groups is 1. The highest BCUT2D eigenvalue weighted by Crippen LogP contribution is 2.18. The molecule has 0 aromatic carbocycles. The summed E-state index contributed by atoms with van der Waals surface area (Å²) in [4.78, 5) is 8.63. The second-order valence-electron chi connectivity index (χ2n) is 3.82. The molecule has 1 aromatic rings. The fourth-order valence-electron chi connectivity index (χ4n) is 1.27. The summed E-state index contributed by atoms with van der Waals surface area (Å²) in [7, 11) is 0. The first-order chi connectivity index (χ1) is 7.24. The van der Waals surface area contributed by atoms with Crippen molar-refractivity contribution in [2.24, 2.45) is 10.7 Å². The van der Waals surface area contributed by atoms with E-state index in [9.17, 15) is 0 Å². The lowest BCUT2D eigenvalue weighted by molar-refractivity contribution is 0.867. The zero-order valence-electron chi connectivity index (χ0n) is 8.86. The Morgan fingerprint density at radius 2 is 2.53 bits per heavy atom. The number of thiazole rings is 1. The largest absolute Gasteiger partial charge is 0.370 e. The summed E-state index contributed by atoms with van der Waals surface area (Å²) in [6, 6.07) is 0.579. The molecule has 1 heterocycles. The maximum atomic E-state index is 5.71. The van der Waals surface area contributed by atoms with Gasteiger partial charge >= 0.3 is 0 Å². The minimum Gasteiger partial charge on any atom is -0.370 e. The molecule has 1 fully saturated rings. The van der Waals surface area contributed by atoms with E-state index >= 15 is 0 Å². The van der Waals surface area contributed by atoms with Gasteiger partial charge in [-0.2, -0.15) is 0 Å². The first-order valence-corrected chi connectivity index (χ1v) is 6.09. The van der Waals surface area contributed by atoms with E-state index in [1.54, 1.807) is 11.3 Å². The second-order valence-corrected chi connectivity index (χ2v) is 4.76. The van der Waals surface area contributed by atoms with Crippen LogP contribution in [0.1, 0.15) is 23.5 Å². The zero-order chi connectivity index (χ0) is 10.7. The fraction of sp³-hybridized carbons (Fsp3) is 0.600. The molecule has 0 bridgehead atoms. The van der Waals surface area contributed by atoms with Gasteiger partial charge in [0.1, 0.15) is 0 Å². The van der Waals surface area contributed by atoms with E-state index in [-0.39, 0.29) is 0 Å². The van der Waals surface area contributed by atoms with Gasteiger partial charge in [0.15, 0.2) is 5.96 Å². The van der Waals surface area contributed by atoms with E-state index in [0.29, 0.717) is 12.0 Å². The number of nitrogens with zero attached hydrogens (tertiary/aromatic N) is 2. The fourth-order valence-corrected chi connectivity index (χ4v) is 2.04. The topological polar surface area (TPSA) is 63.3 Å². The molecule has 0 unspecified atom stereocenters. The number of hydrogen-bond donors (Lipinski definition) is 2. The van der Waals surface area contributed by atoms with Crippen molar-refractivity contribution in [2.45, 2.75) is 32.2 Å². The predicted octanol–water partition coefficient (Wildman–Crippen LogP) is 1.06. The number of nitrogens with one attached hydrogen (secondary N) is 1. The Kier molecular flexibility index (Phi) is 3.20. The highest BCUT2D eigenvalue weighted by Gasteiger charge is 2.21. The molecule has 0 aliphatic heterocycles. The molecular weight excluding hydrogens is 208 g/mol. The number of aryl methyl sites for hydroxylation is 1. The summed E-state index contributed by atoms with van der Waals surface area (Å²) >= 11 is 1.69. The van der Waals surface area contributed by atoms with E-state index in [2.05, 4.69) is 20.7 Å². The van der Waals surface area contributed by atoms with Crippen LogP contribution < -0.4 is 11.1 Å². The van der Waals surface area contributed by atoms with E-state index < -0.39 is 0 Å². The van der Waals surface area contributed by atoms with E-state index in [1.807, 2.05) is 6.92 Å². The molecule has 0 amide bonds. The molecule has 3 N–H and O–H groups in total. The SMILES string of the molecule is Cc1csc(CCN=C(N)NC2CC2)n1. The minimum atomic E-state index is 0.575. The van der Waals surface area contributed by atoms with Crippen molar-refractivity contribution in [3.63, 3.8) is 0 Å². The standard InChI is InChI=1S/C10H16N4S/c1-7-6-15-9(13-7)4-5-12-10(11)14-8-2-3-8/h6,8H,2-5H2,1H3,(H3,11,12,14). The van der Waals surface area contributed by atoms with Crippen LogP contribution in [0.15, 0.2) is 10.4 Å². The van der Waals surface area contributed by atoms with Crippen molar-refractivity contribution in [3.8, 4) is 0 Å². The van der Waals surface area contributed by atoms with Crippen LogP contribution in [0.3, 0.4) is 0 Å². The van der Waals surface area contributed by atoms with Gasteiger partial charge in [0.2, 0.25) is 0 Å². The molecule has 2 rings (SSSR count). The molecule has 1 aliphatic rings. The van der Waals surface area contributed by atoms with Gasteiger partial charge in [0, 0.05) is 30.1 Å². The van der Waals surface area contributed by atoms with Gasteiger partial charge in [-0.1, -0.05) is 0 Å². The van der Waals surface area contributed by atoms with E-state index in [4.69, 9.17) is 5.73 Å². The van der Waals surface area contributed by atoms with Crippen LogP contribution in [0, 0.1) is 6.92 Å². The van der Waals surface area contributed by atoms with E-state index in [1.165, 1.54) is 12.8 Å². The molecule has 15 heavy (non-hydrogen) atoms. The molecule has 0 atom stereocenters. The van der Waals surface area contributed by atoms with Crippen molar-refractivity contribution >= 4 is 17.3 Å². The van der Waals surface area contributed by atoms with Gasteiger partial charge in [-0.3, -0.25) is 4.99 Å². The van der Waals surface area contributed by atoms with Gasteiger partial charge in [-0.05, 0) is 19.8 Å². The van der Waals surface area contributed by atoms with Gasteiger partial charge in [-0.25, -0.2) is 4.98 Å². The molecule has 1 aromatic heterocycles. The average molecular weight is 224 g/mol. The normalized spacial score (nSPS) is 16.7. The average Bonchev–Trinajstić information content (AvgIpc) is 2.89. The first-order valence-electron chi connectivity index (χ1n) is 5.21. The van der Waals surface area contributed by atoms with Crippen molar-refractivity contribution in [1.29, 1.82) is 0 Å². The van der Waals surface area contributed by atoms with Gasteiger partial charge < -0.3 is 11.1 Å². The quantitative estimate of drug-likeness (QED) is 0.594. The molecule has 1 saturated carbocycles. The maximum absolute atomic E-state index is 5.71. The first kappa shape index (κ1) is 10.4. The molecule has 82 valence electrons. The Labute approximate surface area is 93.6 Å². The van der Waals surface area contributed by atoms with Crippen LogP contribution in [-0.4, -0.2) is 23.5 Å². The van der Waals surface area contributed by atoms with Gasteiger partial charge in [0.05, 0.1) is 5.01 Å². The number of aromatic nitrogens is 1. The van der Waals surface area contributed by atoms with Gasteiger partial charge in [-0.15, -0.1) is 11.3 Å². The summed E-state index contributed by atoms with van der Waals surface area (Å²) < 4.78 is 0. The van der Waals surface area contributed by atoms with Crippen LogP contribution in [0.2, 0.25) is 0 Å². The molecule has 4 nitrogen and oxygen atoms in total. The number of aliphatic imine (C=N–C) groups is 1. The molecule has 5 heteroatoms. The predicted molar refractivity (Wildman–Crippen MR) is 63.2 cm³/mol. The lowest BCUT2D eigenvalue weighted by atomic mass is 10.4. The zero-order valence-corrected chi connectivity index (χ0v) is 9.68. The molecular formula is C10H16N4S. The Morgan fingerprint density at radius 3 is 3.13 bits per heavy atom. The highest BCUT2D eigenvalue weighted by atomic mass is 32.1. The number of hydrogen-bond acceptors (Lipinski definition) is 3. The van der Waals surface area contributed by atoms with E-state index in [0.717, 1.165) is 23.7 Å². The van der Waals surface area contributed by atoms with Crippen molar-refractivity contribution in [1.82, 2.24) is 10.3 Å². The number of nitrogens with two attached hydrogens (primary N) is 1. The highest BCUT2D eigenvalue weighted by molar-refractivity contribution is 7.09. The van der Waals surface area contributed by atoms with Crippen LogP contribution >= 0.6 is 11.3 Å². The molecule has 0 radical (unpaired) electrons. The van der Waals surface area contributed by atoms with Crippen molar-refractivity contribution in [3.05, 3.63) is 16.1 Å². The van der Waals surface area contributed by atoms with Crippen LogP contribution in [0.5, 0.6) is 0 Å². The van der Waals surface area contributed by atoms with Crippen molar-refractivity contribution in [2.75, 3.05) is 6.54 Å². The maximum Gasteiger partial charge on any atom is 0.188 e. The Morgan fingerprint density at radius 1 is 1.73 bits per heavy atom. The Bertz CT molecular complexity index is 354. The van der Waals surface area contributed by atoms with Crippen LogP contribution in [-0.2, 0) is 6.42 Å². The number of rotatable bonds is 4. The monoisotopic (exact) mass is 224 g/mol. The second kappa shape index (κ2) is 4.61. The molecule has 0 spiro atoms. The summed E-state index contributed by atoms with van der Waals surface area (Å²) in [6.45, 7) is 2.73. The third kappa shape index (κ3) is 3.51. The Balaban J connectivity index is 1.72. The van der Waals surface area contributed by atoms with Gasteiger partial charge in [0.25, 0.3) is 0 Å². The summed E-state index contributed by atoms with van der Waals surface area (Å²) in [5.74, 6) is 0.575. The van der Waals surface area contributed by atoms with Crippen molar-refractivity contribution < 1.29 is 0 Å². The summed E-state index contributed by atoms with van der Waals surface area (Å²) in [5.41, 5.74) is 6.79. The lowest BCUT2D eigenvalue weighted by Crippen LogP contribution is -2.33.